The molecule has 0 bridgehead atoms. The molecule has 0 unspecified atom stereocenters. The number of carboxylic acid groups (broad SMARTS) is 1. The van der Waals surface area contributed by atoms with E-state index in [9.17, 15) is 4.79 Å². The molecule has 0 aromatic carbocycles. The lowest BCUT2D eigenvalue weighted by atomic mass is 10.0. The molecule has 1 aromatic rings. The van der Waals surface area contributed by atoms with Crippen LogP contribution in [0.5, 0.6) is 0 Å². The molecule has 20 heavy (non-hydrogen) atoms. The lowest BCUT2D eigenvalue weighted by molar-refractivity contribution is -0.139. The van der Waals surface area contributed by atoms with E-state index in [0.29, 0.717) is 6.04 Å². The number of halogens is 1. The van der Waals surface area contributed by atoms with Gasteiger partial charge in [0.2, 0.25) is 0 Å². The van der Waals surface area contributed by atoms with Gasteiger partial charge < -0.3 is 5.11 Å². The molecule has 0 aliphatic carbocycles. The van der Waals surface area contributed by atoms with Gasteiger partial charge in [-0.25, -0.2) is 0 Å². The first kappa shape index (κ1) is 15.9. The highest BCUT2D eigenvalue weighted by molar-refractivity contribution is 9.11. The monoisotopic (exact) mass is 360 g/mol. The van der Waals surface area contributed by atoms with E-state index in [0.717, 1.165) is 39.0 Å². The molecule has 1 saturated heterocycles. The summed E-state index contributed by atoms with van der Waals surface area (Å²) in [5.41, 5.74) is 0. The Labute approximate surface area is 132 Å². The number of carbonyl (C=O) groups is 1. The van der Waals surface area contributed by atoms with E-state index in [1.54, 1.807) is 11.3 Å². The molecule has 2 rings (SSSR count). The maximum atomic E-state index is 10.9. The van der Waals surface area contributed by atoms with E-state index < -0.39 is 5.97 Å². The van der Waals surface area contributed by atoms with Crippen molar-refractivity contribution in [3.05, 3.63) is 20.8 Å². The van der Waals surface area contributed by atoms with E-state index in [-0.39, 0.29) is 6.54 Å². The van der Waals surface area contributed by atoms with Crippen molar-refractivity contribution in [2.24, 2.45) is 0 Å². The first-order valence-electron chi connectivity index (χ1n) is 7.01. The maximum Gasteiger partial charge on any atom is 0.317 e. The number of likely N-dealkylation sites (tertiary alicyclic amines) is 1. The molecule has 1 aromatic heterocycles. The van der Waals surface area contributed by atoms with Gasteiger partial charge >= 0.3 is 5.97 Å². The first-order chi connectivity index (χ1) is 9.58. The zero-order valence-electron chi connectivity index (χ0n) is 11.7. The van der Waals surface area contributed by atoms with Crippen molar-refractivity contribution >= 4 is 33.2 Å². The van der Waals surface area contributed by atoms with Crippen LogP contribution in [-0.4, -0.2) is 53.1 Å². The molecule has 0 saturated carbocycles. The van der Waals surface area contributed by atoms with Crippen LogP contribution in [0.25, 0.3) is 0 Å². The van der Waals surface area contributed by atoms with Gasteiger partial charge in [0.15, 0.2) is 0 Å². The third kappa shape index (κ3) is 4.55. The number of rotatable bonds is 6. The van der Waals surface area contributed by atoms with E-state index in [1.165, 1.54) is 8.66 Å². The third-order valence-corrected chi connectivity index (χ3v) is 5.43. The minimum atomic E-state index is -0.724. The minimum Gasteiger partial charge on any atom is -0.480 e. The van der Waals surface area contributed by atoms with Crippen LogP contribution in [0.4, 0.5) is 0 Å². The van der Waals surface area contributed by atoms with Gasteiger partial charge in [0.1, 0.15) is 0 Å². The molecule has 0 spiro atoms. The summed E-state index contributed by atoms with van der Waals surface area (Å²) in [6.07, 6.45) is 2.13. The third-order valence-electron chi connectivity index (χ3n) is 3.83. The number of hydrogen-bond donors (Lipinski definition) is 1. The first-order valence-corrected chi connectivity index (χ1v) is 8.62. The number of piperidine rings is 1. The fourth-order valence-corrected chi connectivity index (χ4v) is 4.30. The summed E-state index contributed by atoms with van der Waals surface area (Å²) in [7, 11) is 0. The van der Waals surface area contributed by atoms with E-state index >= 15 is 0 Å². The van der Waals surface area contributed by atoms with Crippen LogP contribution in [0.3, 0.4) is 0 Å². The number of aliphatic carboxylic acids is 1. The Bertz CT molecular complexity index is 444. The zero-order chi connectivity index (χ0) is 14.5. The average Bonchev–Trinajstić information content (AvgIpc) is 2.82. The number of hydrogen-bond acceptors (Lipinski definition) is 4. The highest BCUT2D eigenvalue weighted by Crippen LogP contribution is 2.25. The second-order valence-electron chi connectivity index (χ2n) is 5.17. The molecule has 1 aliphatic heterocycles. The zero-order valence-corrected chi connectivity index (χ0v) is 14.1. The lowest BCUT2D eigenvalue weighted by Gasteiger charge is -2.37. The predicted molar refractivity (Wildman–Crippen MR) is 85.2 cm³/mol. The molecule has 4 nitrogen and oxygen atoms in total. The quantitative estimate of drug-likeness (QED) is 0.846. The summed E-state index contributed by atoms with van der Waals surface area (Å²) < 4.78 is 1.18. The van der Waals surface area contributed by atoms with Gasteiger partial charge in [-0.3, -0.25) is 14.6 Å². The van der Waals surface area contributed by atoms with Gasteiger partial charge in [0.05, 0.1) is 10.3 Å². The van der Waals surface area contributed by atoms with Crippen LogP contribution in [0.15, 0.2) is 15.9 Å². The summed E-state index contributed by atoms with van der Waals surface area (Å²) in [5.74, 6) is -0.724. The van der Waals surface area contributed by atoms with Gasteiger partial charge in [0.25, 0.3) is 0 Å². The highest BCUT2D eigenvalue weighted by Gasteiger charge is 2.25. The summed E-state index contributed by atoms with van der Waals surface area (Å²) in [6.45, 7) is 6.13. The molecular weight excluding hydrogens is 340 g/mol. The van der Waals surface area contributed by atoms with Crippen LogP contribution < -0.4 is 0 Å². The van der Waals surface area contributed by atoms with Crippen molar-refractivity contribution < 1.29 is 9.90 Å². The highest BCUT2D eigenvalue weighted by atomic mass is 79.9. The fourth-order valence-electron chi connectivity index (χ4n) is 2.77. The standard InChI is InChI=1S/C14H21BrN2O2S/c1-2-17(10-14(18)19)11-5-7-16(8-6-11)9-12-3-4-13(15)20-12/h3-4,11H,2,5-10H2,1H3,(H,18,19). The van der Waals surface area contributed by atoms with Crippen molar-refractivity contribution in [3.8, 4) is 0 Å². The largest absolute Gasteiger partial charge is 0.480 e. The smallest absolute Gasteiger partial charge is 0.317 e. The number of thiophene rings is 1. The summed E-state index contributed by atoms with van der Waals surface area (Å²) in [4.78, 5) is 16.8. The summed E-state index contributed by atoms with van der Waals surface area (Å²) >= 11 is 5.28. The molecule has 6 heteroatoms. The normalized spacial score (nSPS) is 17.8. The van der Waals surface area contributed by atoms with Crippen LogP contribution in [0.1, 0.15) is 24.6 Å². The Balaban J connectivity index is 1.80. The molecule has 112 valence electrons. The van der Waals surface area contributed by atoms with Crippen LogP contribution >= 0.6 is 27.3 Å². The van der Waals surface area contributed by atoms with Gasteiger partial charge in [-0.2, -0.15) is 0 Å². The van der Waals surface area contributed by atoms with Crippen molar-refractivity contribution in [1.29, 1.82) is 0 Å². The molecular formula is C14H21BrN2O2S. The van der Waals surface area contributed by atoms with E-state index in [2.05, 4.69) is 37.9 Å². The number of carboxylic acids is 1. The Kier molecular flexibility index (Phi) is 6.01. The molecule has 1 fully saturated rings. The molecule has 0 atom stereocenters. The van der Waals surface area contributed by atoms with Crippen LogP contribution in [0, 0.1) is 0 Å². The topological polar surface area (TPSA) is 43.8 Å². The second-order valence-corrected chi connectivity index (χ2v) is 7.72. The lowest BCUT2D eigenvalue weighted by Crippen LogP contribution is -2.46. The average molecular weight is 361 g/mol. The fraction of sp³-hybridized carbons (Fsp3) is 0.643. The Morgan fingerprint density at radius 1 is 1.50 bits per heavy atom. The van der Waals surface area contributed by atoms with Crippen molar-refractivity contribution in [2.75, 3.05) is 26.2 Å². The maximum absolute atomic E-state index is 10.9. The Hall–Kier alpha value is -0.430. The summed E-state index contributed by atoms with van der Waals surface area (Å²) in [6, 6.07) is 4.68. The molecule has 1 aliphatic rings. The van der Waals surface area contributed by atoms with E-state index in [1.807, 2.05) is 6.92 Å². The van der Waals surface area contributed by atoms with Gasteiger partial charge in [0, 0.05) is 30.6 Å². The van der Waals surface area contributed by atoms with Crippen molar-refractivity contribution in [2.45, 2.75) is 32.4 Å². The SMILES string of the molecule is CCN(CC(=O)O)C1CCN(Cc2ccc(Br)s2)CC1. The molecule has 1 N–H and O–H groups in total. The molecule has 0 radical (unpaired) electrons. The predicted octanol–water partition coefficient (Wildman–Crippen LogP) is 2.88. The van der Waals surface area contributed by atoms with Crippen LogP contribution in [-0.2, 0) is 11.3 Å². The molecule has 0 amide bonds. The Morgan fingerprint density at radius 2 is 2.20 bits per heavy atom. The van der Waals surface area contributed by atoms with Crippen molar-refractivity contribution in [3.63, 3.8) is 0 Å². The van der Waals surface area contributed by atoms with Gasteiger partial charge in [-0.1, -0.05) is 6.92 Å². The van der Waals surface area contributed by atoms with Crippen molar-refractivity contribution in [1.82, 2.24) is 9.80 Å². The van der Waals surface area contributed by atoms with Gasteiger partial charge in [-0.05, 0) is 47.4 Å². The van der Waals surface area contributed by atoms with Crippen LogP contribution in [0.2, 0.25) is 0 Å². The van der Waals surface area contributed by atoms with E-state index in [4.69, 9.17) is 5.11 Å². The molecule has 2 heterocycles. The summed E-state index contributed by atoms with van der Waals surface area (Å²) in [5, 5.41) is 8.94. The second kappa shape index (κ2) is 7.54. The number of likely N-dealkylation sites (N-methyl/N-ethyl adjacent to an activating group) is 1. The minimum absolute atomic E-state index is 0.166. The Morgan fingerprint density at radius 3 is 2.70 bits per heavy atom. The number of nitrogens with zero attached hydrogens (tertiary/aromatic N) is 2. The van der Waals surface area contributed by atoms with Gasteiger partial charge in [-0.15, -0.1) is 11.3 Å².